The molecule has 3 rings (SSSR count). The fraction of sp³-hybridized carbons (Fsp3) is 0.600. The molecule has 0 amide bonds. The van der Waals surface area contributed by atoms with Crippen LogP contribution in [0.2, 0.25) is 0 Å². The molecule has 5 nitrogen and oxygen atoms in total. The SMILES string of the molecule is COc1c(Br)cc2c(c1CN1CCNCC1)OCCCO2. The number of methoxy groups -OCH3 is 1. The van der Waals surface area contributed by atoms with Crippen LogP contribution in [0.1, 0.15) is 12.0 Å². The Labute approximate surface area is 133 Å². The summed E-state index contributed by atoms with van der Waals surface area (Å²) in [7, 11) is 1.70. The number of hydrogen-bond donors (Lipinski definition) is 1. The van der Waals surface area contributed by atoms with E-state index in [0.29, 0.717) is 13.2 Å². The molecule has 6 heteroatoms. The number of fused-ring (bicyclic) bond motifs is 1. The van der Waals surface area contributed by atoms with Crippen molar-refractivity contribution in [2.45, 2.75) is 13.0 Å². The number of ether oxygens (including phenoxy) is 3. The Balaban J connectivity index is 1.96. The second kappa shape index (κ2) is 6.85. The largest absolute Gasteiger partial charge is 0.495 e. The van der Waals surface area contributed by atoms with Gasteiger partial charge in [0.25, 0.3) is 0 Å². The monoisotopic (exact) mass is 356 g/mol. The van der Waals surface area contributed by atoms with Gasteiger partial charge >= 0.3 is 0 Å². The molecule has 21 heavy (non-hydrogen) atoms. The number of hydrogen-bond acceptors (Lipinski definition) is 5. The van der Waals surface area contributed by atoms with Crippen LogP contribution in [0.5, 0.6) is 17.2 Å². The minimum Gasteiger partial charge on any atom is -0.495 e. The van der Waals surface area contributed by atoms with Gasteiger partial charge in [-0.3, -0.25) is 4.90 Å². The first-order valence-corrected chi connectivity index (χ1v) is 8.17. The lowest BCUT2D eigenvalue weighted by Gasteiger charge is -2.29. The van der Waals surface area contributed by atoms with Gasteiger partial charge in [-0.1, -0.05) is 0 Å². The van der Waals surface area contributed by atoms with E-state index in [2.05, 4.69) is 26.1 Å². The molecule has 0 unspecified atom stereocenters. The highest BCUT2D eigenvalue weighted by Gasteiger charge is 2.24. The van der Waals surface area contributed by atoms with Gasteiger partial charge in [0.05, 0.1) is 30.4 Å². The summed E-state index contributed by atoms with van der Waals surface area (Å²) in [6.07, 6.45) is 0.904. The van der Waals surface area contributed by atoms with E-state index >= 15 is 0 Å². The van der Waals surface area contributed by atoms with Crippen LogP contribution in [-0.2, 0) is 6.54 Å². The van der Waals surface area contributed by atoms with E-state index in [0.717, 1.165) is 66.4 Å². The summed E-state index contributed by atoms with van der Waals surface area (Å²) >= 11 is 3.59. The third-order valence-corrected chi connectivity index (χ3v) is 4.42. The second-order valence-corrected chi connectivity index (χ2v) is 6.13. The number of nitrogens with one attached hydrogen (secondary N) is 1. The number of halogens is 1. The Bertz CT molecular complexity index is 504. The van der Waals surface area contributed by atoms with E-state index in [1.807, 2.05) is 6.07 Å². The molecule has 0 spiro atoms. The van der Waals surface area contributed by atoms with Gasteiger partial charge in [-0.05, 0) is 15.9 Å². The highest BCUT2D eigenvalue weighted by Crippen LogP contribution is 2.44. The van der Waals surface area contributed by atoms with Crippen LogP contribution in [0.4, 0.5) is 0 Å². The fourth-order valence-corrected chi connectivity index (χ4v) is 3.39. The molecular weight excluding hydrogens is 336 g/mol. The smallest absolute Gasteiger partial charge is 0.169 e. The van der Waals surface area contributed by atoms with Gasteiger partial charge in [-0.25, -0.2) is 0 Å². The van der Waals surface area contributed by atoms with Crippen molar-refractivity contribution < 1.29 is 14.2 Å². The molecule has 2 heterocycles. The maximum Gasteiger partial charge on any atom is 0.169 e. The van der Waals surface area contributed by atoms with Crippen molar-refractivity contribution in [1.29, 1.82) is 0 Å². The van der Waals surface area contributed by atoms with E-state index in [9.17, 15) is 0 Å². The van der Waals surface area contributed by atoms with Gasteiger partial charge in [0.2, 0.25) is 0 Å². The summed E-state index contributed by atoms with van der Waals surface area (Å²) in [6.45, 7) is 6.31. The summed E-state index contributed by atoms with van der Waals surface area (Å²) < 4.78 is 18.3. The summed E-state index contributed by atoms with van der Waals surface area (Å²) in [5, 5.41) is 3.37. The average Bonchev–Trinajstić information content (AvgIpc) is 2.73. The van der Waals surface area contributed by atoms with Crippen molar-refractivity contribution in [2.75, 3.05) is 46.5 Å². The quantitative estimate of drug-likeness (QED) is 0.897. The third kappa shape index (κ3) is 3.27. The minimum absolute atomic E-state index is 0.687. The topological polar surface area (TPSA) is 43.0 Å². The minimum atomic E-state index is 0.687. The molecule has 2 aliphatic heterocycles. The van der Waals surface area contributed by atoms with Crippen LogP contribution in [-0.4, -0.2) is 51.4 Å². The highest BCUT2D eigenvalue weighted by molar-refractivity contribution is 9.10. The molecule has 1 N–H and O–H groups in total. The van der Waals surface area contributed by atoms with Crippen molar-refractivity contribution >= 4 is 15.9 Å². The average molecular weight is 357 g/mol. The number of nitrogens with zero attached hydrogens (tertiary/aromatic N) is 1. The Kier molecular flexibility index (Phi) is 4.87. The standard InChI is InChI=1S/C15H21BrN2O3/c1-19-14-11(10-18-5-3-17-4-6-18)15-13(9-12(14)16)20-7-2-8-21-15/h9,17H,2-8,10H2,1H3. The zero-order valence-electron chi connectivity index (χ0n) is 12.3. The number of piperazine rings is 1. The van der Waals surface area contributed by atoms with Crippen LogP contribution in [0.15, 0.2) is 10.5 Å². The molecule has 0 aromatic heterocycles. The molecule has 1 aromatic carbocycles. The van der Waals surface area contributed by atoms with Crippen LogP contribution in [0, 0.1) is 0 Å². The molecule has 0 bridgehead atoms. The summed E-state index contributed by atoms with van der Waals surface area (Å²) in [5.74, 6) is 2.49. The van der Waals surface area contributed by atoms with Gasteiger partial charge in [0.1, 0.15) is 5.75 Å². The van der Waals surface area contributed by atoms with E-state index in [-0.39, 0.29) is 0 Å². The van der Waals surface area contributed by atoms with E-state index < -0.39 is 0 Å². The number of benzene rings is 1. The van der Waals surface area contributed by atoms with E-state index in [1.165, 1.54) is 0 Å². The summed E-state index contributed by atoms with van der Waals surface area (Å²) in [4.78, 5) is 2.41. The number of rotatable bonds is 3. The van der Waals surface area contributed by atoms with Gasteiger partial charge in [0, 0.05) is 45.2 Å². The summed E-state index contributed by atoms with van der Waals surface area (Å²) in [6, 6.07) is 1.95. The van der Waals surface area contributed by atoms with Crippen molar-refractivity contribution in [3.63, 3.8) is 0 Å². The van der Waals surface area contributed by atoms with E-state index in [1.54, 1.807) is 7.11 Å². The zero-order chi connectivity index (χ0) is 14.7. The second-order valence-electron chi connectivity index (χ2n) is 5.27. The summed E-state index contributed by atoms with van der Waals surface area (Å²) in [5.41, 5.74) is 1.07. The molecule has 2 aliphatic rings. The van der Waals surface area contributed by atoms with Crippen LogP contribution < -0.4 is 19.5 Å². The first kappa shape index (κ1) is 14.9. The maximum atomic E-state index is 5.95. The Morgan fingerprint density at radius 2 is 2.05 bits per heavy atom. The maximum absolute atomic E-state index is 5.95. The third-order valence-electron chi connectivity index (χ3n) is 3.83. The zero-order valence-corrected chi connectivity index (χ0v) is 13.9. The molecule has 0 saturated carbocycles. The highest BCUT2D eigenvalue weighted by atomic mass is 79.9. The predicted octanol–water partition coefficient (Wildman–Crippen LogP) is 2.02. The first-order chi connectivity index (χ1) is 10.3. The van der Waals surface area contributed by atoms with Gasteiger partial charge < -0.3 is 19.5 Å². The van der Waals surface area contributed by atoms with Crippen LogP contribution in [0.25, 0.3) is 0 Å². The molecule has 1 fully saturated rings. The molecule has 1 aromatic rings. The van der Waals surface area contributed by atoms with Crippen molar-refractivity contribution in [3.8, 4) is 17.2 Å². The van der Waals surface area contributed by atoms with Gasteiger partial charge in [-0.15, -0.1) is 0 Å². The first-order valence-electron chi connectivity index (χ1n) is 7.37. The van der Waals surface area contributed by atoms with Gasteiger partial charge in [0.15, 0.2) is 11.5 Å². The molecule has 116 valence electrons. The van der Waals surface area contributed by atoms with Crippen molar-refractivity contribution in [1.82, 2.24) is 10.2 Å². The lowest BCUT2D eigenvalue weighted by Crippen LogP contribution is -2.43. The molecule has 0 aliphatic carbocycles. The lowest BCUT2D eigenvalue weighted by atomic mass is 10.1. The normalized spacial score (nSPS) is 19.1. The lowest BCUT2D eigenvalue weighted by molar-refractivity contribution is 0.224. The van der Waals surface area contributed by atoms with Crippen molar-refractivity contribution in [2.24, 2.45) is 0 Å². The van der Waals surface area contributed by atoms with Crippen LogP contribution in [0.3, 0.4) is 0 Å². The van der Waals surface area contributed by atoms with Gasteiger partial charge in [-0.2, -0.15) is 0 Å². The fourth-order valence-electron chi connectivity index (χ4n) is 2.78. The molecule has 0 atom stereocenters. The Morgan fingerprint density at radius 1 is 1.29 bits per heavy atom. The van der Waals surface area contributed by atoms with E-state index in [4.69, 9.17) is 14.2 Å². The van der Waals surface area contributed by atoms with Crippen LogP contribution >= 0.6 is 15.9 Å². The molecule has 1 saturated heterocycles. The molecular formula is C15H21BrN2O3. The van der Waals surface area contributed by atoms with Crippen molar-refractivity contribution in [3.05, 3.63) is 16.1 Å². The Morgan fingerprint density at radius 3 is 2.81 bits per heavy atom. The predicted molar refractivity (Wildman–Crippen MR) is 84.4 cm³/mol. The molecule has 0 radical (unpaired) electrons. The Hall–Kier alpha value is -0.980.